The summed E-state index contributed by atoms with van der Waals surface area (Å²) in [7, 11) is 0. The molecule has 2 heteroatoms. The molecule has 0 aromatic rings. The van der Waals surface area contributed by atoms with Crippen LogP contribution in [0.2, 0.25) is 0 Å². The molecule has 2 rings (SSSR count). The van der Waals surface area contributed by atoms with Crippen molar-refractivity contribution in [1.29, 1.82) is 0 Å². The normalized spacial score (nSPS) is 23.3. The van der Waals surface area contributed by atoms with Gasteiger partial charge in [-0.05, 0) is 62.8 Å². The Morgan fingerprint density at radius 2 is 1.78 bits per heavy atom. The van der Waals surface area contributed by atoms with E-state index in [4.69, 9.17) is 5.73 Å². The van der Waals surface area contributed by atoms with Crippen molar-refractivity contribution in [3.8, 4) is 0 Å². The van der Waals surface area contributed by atoms with E-state index in [9.17, 15) is 0 Å². The Labute approximate surface area is 113 Å². The first kappa shape index (κ1) is 14.3. The molecule has 2 saturated carbocycles. The Bertz CT molecular complexity index is 227. The average molecular weight is 252 g/mol. The van der Waals surface area contributed by atoms with Crippen LogP contribution in [0.15, 0.2) is 0 Å². The van der Waals surface area contributed by atoms with Crippen LogP contribution in [0.4, 0.5) is 0 Å². The minimum Gasteiger partial charge on any atom is -0.329 e. The number of hydrogen-bond acceptors (Lipinski definition) is 2. The molecule has 2 fully saturated rings. The summed E-state index contributed by atoms with van der Waals surface area (Å²) in [6.07, 6.45) is 10.9. The minimum atomic E-state index is 0.220. The molecule has 0 spiro atoms. The fourth-order valence-corrected chi connectivity index (χ4v) is 3.33. The standard InChI is InChI=1S/C16H32N2/c1-3-5-10-16(4-2,12-17)18-11-15(13-6-7-13)14-8-9-14/h13-15,18H,3-12,17H2,1-2H3. The van der Waals surface area contributed by atoms with E-state index < -0.39 is 0 Å². The van der Waals surface area contributed by atoms with Crippen LogP contribution in [0.25, 0.3) is 0 Å². The van der Waals surface area contributed by atoms with Gasteiger partial charge in [-0.2, -0.15) is 0 Å². The third kappa shape index (κ3) is 3.71. The molecule has 2 nitrogen and oxygen atoms in total. The van der Waals surface area contributed by atoms with Crippen LogP contribution in [0.5, 0.6) is 0 Å². The van der Waals surface area contributed by atoms with E-state index in [0.717, 1.165) is 24.3 Å². The van der Waals surface area contributed by atoms with E-state index in [1.165, 1.54) is 57.9 Å². The minimum absolute atomic E-state index is 0.220. The van der Waals surface area contributed by atoms with Crippen LogP contribution in [-0.2, 0) is 0 Å². The summed E-state index contributed by atoms with van der Waals surface area (Å²) >= 11 is 0. The Morgan fingerprint density at radius 1 is 1.17 bits per heavy atom. The van der Waals surface area contributed by atoms with Crippen LogP contribution >= 0.6 is 0 Å². The third-order valence-electron chi connectivity index (χ3n) is 5.24. The Balaban J connectivity index is 1.82. The Hall–Kier alpha value is -0.0800. The van der Waals surface area contributed by atoms with Gasteiger partial charge in [0.2, 0.25) is 0 Å². The van der Waals surface area contributed by atoms with E-state index in [2.05, 4.69) is 19.2 Å². The van der Waals surface area contributed by atoms with Crippen molar-refractivity contribution in [3.05, 3.63) is 0 Å². The van der Waals surface area contributed by atoms with Gasteiger partial charge in [0.05, 0.1) is 0 Å². The van der Waals surface area contributed by atoms with Gasteiger partial charge in [0, 0.05) is 12.1 Å². The van der Waals surface area contributed by atoms with Gasteiger partial charge >= 0.3 is 0 Å². The highest BCUT2D eigenvalue weighted by molar-refractivity contribution is 4.95. The van der Waals surface area contributed by atoms with Crippen molar-refractivity contribution in [2.24, 2.45) is 23.5 Å². The molecule has 0 saturated heterocycles. The lowest BCUT2D eigenvalue weighted by molar-refractivity contribution is 0.252. The highest BCUT2D eigenvalue weighted by Gasteiger charge is 2.42. The van der Waals surface area contributed by atoms with Gasteiger partial charge in [0.15, 0.2) is 0 Å². The number of rotatable bonds is 10. The zero-order valence-electron chi connectivity index (χ0n) is 12.4. The Kier molecular flexibility index (Phi) is 5.08. The summed E-state index contributed by atoms with van der Waals surface area (Å²) in [5.74, 6) is 3.05. The monoisotopic (exact) mass is 252 g/mol. The van der Waals surface area contributed by atoms with Gasteiger partial charge in [-0.1, -0.05) is 26.7 Å². The first-order chi connectivity index (χ1) is 8.74. The number of nitrogens with two attached hydrogens (primary N) is 1. The lowest BCUT2D eigenvalue weighted by Crippen LogP contribution is -2.52. The molecule has 1 atom stereocenters. The predicted octanol–water partition coefficient (Wildman–Crippen LogP) is 3.31. The van der Waals surface area contributed by atoms with Crippen molar-refractivity contribution in [2.45, 2.75) is 70.8 Å². The van der Waals surface area contributed by atoms with Crippen LogP contribution in [0, 0.1) is 17.8 Å². The molecule has 0 aromatic heterocycles. The van der Waals surface area contributed by atoms with Gasteiger partial charge < -0.3 is 11.1 Å². The van der Waals surface area contributed by atoms with Crippen LogP contribution in [0.1, 0.15) is 65.2 Å². The quantitative estimate of drug-likeness (QED) is 0.626. The first-order valence-corrected chi connectivity index (χ1v) is 8.19. The van der Waals surface area contributed by atoms with E-state index in [-0.39, 0.29) is 5.54 Å². The summed E-state index contributed by atoms with van der Waals surface area (Å²) < 4.78 is 0. The second kappa shape index (κ2) is 6.38. The number of unbranched alkanes of at least 4 members (excludes halogenated alkanes) is 1. The molecule has 0 bridgehead atoms. The third-order valence-corrected chi connectivity index (χ3v) is 5.24. The highest BCUT2D eigenvalue weighted by atomic mass is 15.0. The average Bonchev–Trinajstić information content (AvgIpc) is 3.27. The fraction of sp³-hybridized carbons (Fsp3) is 1.00. The second-order valence-electron chi connectivity index (χ2n) is 6.66. The molecule has 2 aliphatic carbocycles. The number of nitrogens with one attached hydrogen (secondary N) is 1. The molecule has 18 heavy (non-hydrogen) atoms. The van der Waals surface area contributed by atoms with Gasteiger partial charge in [0.25, 0.3) is 0 Å². The topological polar surface area (TPSA) is 38.0 Å². The maximum atomic E-state index is 6.07. The maximum Gasteiger partial charge on any atom is 0.0301 e. The SMILES string of the molecule is CCCCC(CC)(CN)NCC(C1CC1)C1CC1. The van der Waals surface area contributed by atoms with Gasteiger partial charge in [-0.25, -0.2) is 0 Å². The summed E-state index contributed by atoms with van der Waals surface area (Å²) in [5, 5.41) is 3.89. The predicted molar refractivity (Wildman–Crippen MR) is 78.5 cm³/mol. The molecule has 0 heterocycles. The van der Waals surface area contributed by atoms with Gasteiger partial charge in [-0.15, -0.1) is 0 Å². The summed E-state index contributed by atoms with van der Waals surface area (Å²) in [6, 6.07) is 0. The Morgan fingerprint density at radius 3 is 2.17 bits per heavy atom. The molecule has 1 unspecified atom stereocenters. The van der Waals surface area contributed by atoms with E-state index in [1.54, 1.807) is 0 Å². The zero-order valence-corrected chi connectivity index (χ0v) is 12.4. The molecular weight excluding hydrogens is 220 g/mol. The van der Waals surface area contributed by atoms with Crippen molar-refractivity contribution in [2.75, 3.05) is 13.1 Å². The summed E-state index contributed by atoms with van der Waals surface area (Å²) in [4.78, 5) is 0. The van der Waals surface area contributed by atoms with Gasteiger partial charge in [-0.3, -0.25) is 0 Å². The first-order valence-electron chi connectivity index (χ1n) is 8.19. The van der Waals surface area contributed by atoms with E-state index >= 15 is 0 Å². The summed E-state index contributed by atoms with van der Waals surface area (Å²) in [5.41, 5.74) is 6.29. The van der Waals surface area contributed by atoms with Gasteiger partial charge in [0.1, 0.15) is 0 Å². The molecule has 106 valence electrons. The van der Waals surface area contributed by atoms with Crippen LogP contribution < -0.4 is 11.1 Å². The summed E-state index contributed by atoms with van der Waals surface area (Å²) in [6.45, 7) is 6.59. The van der Waals surface area contributed by atoms with E-state index in [1.807, 2.05) is 0 Å². The second-order valence-corrected chi connectivity index (χ2v) is 6.66. The molecule has 0 aromatic carbocycles. The fourth-order valence-electron chi connectivity index (χ4n) is 3.33. The van der Waals surface area contributed by atoms with E-state index in [0.29, 0.717) is 0 Å². The lowest BCUT2D eigenvalue weighted by atomic mass is 9.88. The maximum absolute atomic E-state index is 6.07. The highest BCUT2D eigenvalue weighted by Crippen LogP contribution is 2.49. The molecule has 0 aliphatic heterocycles. The number of hydrogen-bond donors (Lipinski definition) is 2. The molecule has 0 radical (unpaired) electrons. The molecule has 0 amide bonds. The largest absolute Gasteiger partial charge is 0.329 e. The van der Waals surface area contributed by atoms with Crippen LogP contribution in [0.3, 0.4) is 0 Å². The van der Waals surface area contributed by atoms with Crippen molar-refractivity contribution in [1.82, 2.24) is 5.32 Å². The molecule has 3 N–H and O–H groups in total. The van der Waals surface area contributed by atoms with Crippen molar-refractivity contribution < 1.29 is 0 Å². The zero-order chi connectivity index (χ0) is 13.0. The van der Waals surface area contributed by atoms with Crippen LogP contribution in [-0.4, -0.2) is 18.6 Å². The molecule has 2 aliphatic rings. The smallest absolute Gasteiger partial charge is 0.0301 e. The molecular formula is C16H32N2. The van der Waals surface area contributed by atoms with Crippen molar-refractivity contribution in [3.63, 3.8) is 0 Å². The van der Waals surface area contributed by atoms with Crippen molar-refractivity contribution >= 4 is 0 Å². The lowest BCUT2D eigenvalue weighted by Gasteiger charge is -2.35.